The molecular formula is C15H21ClN2O. The fourth-order valence-corrected chi connectivity index (χ4v) is 2.89. The predicted octanol–water partition coefficient (Wildman–Crippen LogP) is 2.85. The first-order chi connectivity index (χ1) is 9.02. The van der Waals surface area contributed by atoms with E-state index in [9.17, 15) is 4.79 Å². The van der Waals surface area contributed by atoms with Crippen molar-refractivity contribution in [1.82, 2.24) is 4.90 Å². The molecule has 0 saturated carbocycles. The van der Waals surface area contributed by atoms with Crippen LogP contribution in [0.1, 0.15) is 35.7 Å². The molecule has 0 bridgehead atoms. The van der Waals surface area contributed by atoms with Gasteiger partial charge in [0.1, 0.15) is 0 Å². The summed E-state index contributed by atoms with van der Waals surface area (Å²) in [7, 11) is 0. The quantitative estimate of drug-likeness (QED) is 0.905. The Morgan fingerprint density at radius 2 is 2.26 bits per heavy atom. The molecule has 0 aromatic heterocycles. The summed E-state index contributed by atoms with van der Waals surface area (Å²) >= 11 is 6.00. The summed E-state index contributed by atoms with van der Waals surface area (Å²) in [6, 6.07) is 5.60. The van der Waals surface area contributed by atoms with Gasteiger partial charge in [-0.1, -0.05) is 24.6 Å². The molecule has 1 aromatic carbocycles. The first-order valence-corrected chi connectivity index (χ1v) is 7.18. The van der Waals surface area contributed by atoms with Crippen LogP contribution in [-0.4, -0.2) is 29.9 Å². The molecule has 2 unspecified atom stereocenters. The van der Waals surface area contributed by atoms with Gasteiger partial charge in [0, 0.05) is 29.7 Å². The number of halogens is 1. The number of piperidine rings is 1. The second-order valence-corrected chi connectivity index (χ2v) is 5.91. The van der Waals surface area contributed by atoms with Gasteiger partial charge in [0.15, 0.2) is 0 Å². The molecule has 19 heavy (non-hydrogen) atoms. The lowest BCUT2D eigenvalue weighted by molar-refractivity contribution is 0.0573. The number of rotatable bonds is 2. The van der Waals surface area contributed by atoms with Gasteiger partial charge in [-0.25, -0.2) is 0 Å². The summed E-state index contributed by atoms with van der Waals surface area (Å²) in [5, 5.41) is 0.601. The predicted molar refractivity (Wildman–Crippen MR) is 78.5 cm³/mol. The van der Waals surface area contributed by atoms with Gasteiger partial charge >= 0.3 is 0 Å². The van der Waals surface area contributed by atoms with E-state index in [1.807, 2.05) is 24.0 Å². The molecule has 0 aliphatic carbocycles. The summed E-state index contributed by atoms with van der Waals surface area (Å²) in [6.07, 6.45) is 2.03. The minimum absolute atomic E-state index is 0.0577. The van der Waals surface area contributed by atoms with Crippen molar-refractivity contribution in [3.05, 3.63) is 34.3 Å². The lowest BCUT2D eigenvalue weighted by Gasteiger charge is -2.38. The number of aryl methyl sites for hydroxylation is 1. The van der Waals surface area contributed by atoms with Crippen LogP contribution in [0.15, 0.2) is 18.2 Å². The van der Waals surface area contributed by atoms with Crippen molar-refractivity contribution in [3.8, 4) is 0 Å². The third-order valence-corrected chi connectivity index (χ3v) is 4.18. The summed E-state index contributed by atoms with van der Waals surface area (Å²) in [6.45, 7) is 5.46. The summed E-state index contributed by atoms with van der Waals surface area (Å²) in [5.74, 6) is 0.695. The monoisotopic (exact) mass is 280 g/mol. The van der Waals surface area contributed by atoms with Crippen LogP contribution in [0.25, 0.3) is 0 Å². The number of hydrogen-bond donors (Lipinski definition) is 1. The number of hydrogen-bond acceptors (Lipinski definition) is 2. The Bertz CT molecular complexity index is 475. The molecule has 0 radical (unpaired) electrons. The molecule has 2 atom stereocenters. The number of likely N-dealkylation sites (tertiary alicyclic amines) is 1. The molecule has 4 heteroatoms. The van der Waals surface area contributed by atoms with Gasteiger partial charge in [-0.2, -0.15) is 0 Å². The molecule has 2 N–H and O–H groups in total. The van der Waals surface area contributed by atoms with E-state index in [4.69, 9.17) is 17.3 Å². The third kappa shape index (κ3) is 3.10. The second kappa shape index (κ2) is 5.93. The highest BCUT2D eigenvalue weighted by Crippen LogP contribution is 2.25. The molecule has 1 aliphatic heterocycles. The van der Waals surface area contributed by atoms with Crippen molar-refractivity contribution in [2.75, 3.05) is 13.1 Å². The summed E-state index contributed by atoms with van der Waals surface area (Å²) in [4.78, 5) is 14.6. The Balaban J connectivity index is 2.25. The van der Waals surface area contributed by atoms with Crippen LogP contribution in [-0.2, 0) is 0 Å². The van der Waals surface area contributed by atoms with E-state index in [1.165, 1.54) is 0 Å². The van der Waals surface area contributed by atoms with Gasteiger partial charge in [-0.3, -0.25) is 4.79 Å². The van der Waals surface area contributed by atoms with E-state index in [0.717, 1.165) is 24.9 Å². The normalized spacial score (nSPS) is 23.5. The molecule has 1 heterocycles. The fraction of sp³-hybridized carbons (Fsp3) is 0.533. The highest BCUT2D eigenvalue weighted by molar-refractivity contribution is 6.31. The minimum atomic E-state index is 0.0577. The summed E-state index contributed by atoms with van der Waals surface area (Å²) < 4.78 is 0. The zero-order chi connectivity index (χ0) is 14.0. The average Bonchev–Trinajstić information content (AvgIpc) is 2.40. The van der Waals surface area contributed by atoms with Crippen LogP contribution in [0, 0.1) is 12.8 Å². The van der Waals surface area contributed by atoms with Crippen molar-refractivity contribution >= 4 is 17.5 Å². The van der Waals surface area contributed by atoms with Gasteiger partial charge in [0.05, 0.1) is 0 Å². The number of benzene rings is 1. The van der Waals surface area contributed by atoms with Crippen molar-refractivity contribution in [1.29, 1.82) is 0 Å². The van der Waals surface area contributed by atoms with Crippen LogP contribution in [0.4, 0.5) is 0 Å². The minimum Gasteiger partial charge on any atom is -0.334 e. The molecule has 104 valence electrons. The van der Waals surface area contributed by atoms with Crippen LogP contribution in [0.3, 0.4) is 0 Å². The maximum atomic E-state index is 12.7. The number of nitrogens with two attached hydrogens (primary N) is 1. The molecule has 1 fully saturated rings. The first kappa shape index (κ1) is 14.4. The Kier molecular flexibility index (Phi) is 4.48. The molecule has 3 nitrogen and oxygen atoms in total. The van der Waals surface area contributed by atoms with E-state index in [1.54, 1.807) is 6.07 Å². The lowest BCUT2D eigenvalue weighted by Crippen LogP contribution is -2.49. The largest absolute Gasteiger partial charge is 0.334 e. The van der Waals surface area contributed by atoms with Gasteiger partial charge in [-0.05, 0) is 43.4 Å². The molecule has 1 amide bonds. The van der Waals surface area contributed by atoms with Crippen LogP contribution >= 0.6 is 11.6 Å². The third-order valence-electron chi connectivity index (χ3n) is 3.94. The van der Waals surface area contributed by atoms with E-state index < -0.39 is 0 Å². The van der Waals surface area contributed by atoms with Crippen molar-refractivity contribution in [2.24, 2.45) is 11.7 Å². The zero-order valence-corrected chi connectivity index (χ0v) is 12.3. The molecule has 1 saturated heterocycles. The standard InChI is InChI=1S/C15H21ClN2O/c1-10-5-6-18(13(7-10)9-17)15(19)14-8-12(16)4-3-11(14)2/h3-4,8,10,13H,5-7,9,17H2,1-2H3. The van der Waals surface area contributed by atoms with Gasteiger partial charge in [0.25, 0.3) is 5.91 Å². The van der Waals surface area contributed by atoms with E-state index in [0.29, 0.717) is 23.0 Å². The SMILES string of the molecule is Cc1ccc(Cl)cc1C(=O)N1CCC(C)CC1CN. The maximum absolute atomic E-state index is 12.7. The van der Waals surface area contributed by atoms with E-state index >= 15 is 0 Å². The topological polar surface area (TPSA) is 46.3 Å². The maximum Gasteiger partial charge on any atom is 0.254 e. The van der Waals surface area contributed by atoms with Crippen molar-refractivity contribution < 1.29 is 4.79 Å². The zero-order valence-electron chi connectivity index (χ0n) is 11.5. The Labute approximate surface area is 119 Å². The summed E-state index contributed by atoms with van der Waals surface area (Å²) in [5.41, 5.74) is 7.48. The lowest BCUT2D eigenvalue weighted by atomic mass is 9.91. The second-order valence-electron chi connectivity index (χ2n) is 5.48. The number of carbonyl (C=O) groups excluding carboxylic acids is 1. The Hall–Kier alpha value is -1.06. The van der Waals surface area contributed by atoms with Gasteiger partial charge in [0.2, 0.25) is 0 Å². The smallest absolute Gasteiger partial charge is 0.254 e. The van der Waals surface area contributed by atoms with Crippen molar-refractivity contribution in [2.45, 2.75) is 32.7 Å². The highest BCUT2D eigenvalue weighted by Gasteiger charge is 2.30. The van der Waals surface area contributed by atoms with E-state index in [2.05, 4.69) is 6.92 Å². The molecule has 0 spiro atoms. The number of amides is 1. The fourth-order valence-electron chi connectivity index (χ4n) is 2.72. The number of nitrogens with zero attached hydrogens (tertiary/aromatic N) is 1. The molecular weight excluding hydrogens is 260 g/mol. The Morgan fingerprint density at radius 3 is 2.95 bits per heavy atom. The Morgan fingerprint density at radius 1 is 1.53 bits per heavy atom. The van der Waals surface area contributed by atoms with Crippen molar-refractivity contribution in [3.63, 3.8) is 0 Å². The number of carbonyl (C=O) groups is 1. The van der Waals surface area contributed by atoms with Crippen LogP contribution in [0.2, 0.25) is 5.02 Å². The average molecular weight is 281 g/mol. The molecule has 1 aromatic rings. The first-order valence-electron chi connectivity index (χ1n) is 6.80. The van der Waals surface area contributed by atoms with Crippen LogP contribution < -0.4 is 5.73 Å². The highest BCUT2D eigenvalue weighted by atomic mass is 35.5. The molecule has 2 rings (SSSR count). The van der Waals surface area contributed by atoms with Crippen LogP contribution in [0.5, 0.6) is 0 Å². The molecule has 1 aliphatic rings. The van der Waals surface area contributed by atoms with Gasteiger partial charge < -0.3 is 10.6 Å². The van der Waals surface area contributed by atoms with E-state index in [-0.39, 0.29) is 11.9 Å². The van der Waals surface area contributed by atoms with Gasteiger partial charge in [-0.15, -0.1) is 0 Å².